The summed E-state index contributed by atoms with van der Waals surface area (Å²) in [5.41, 5.74) is -0.130. The molecule has 0 aliphatic heterocycles. The summed E-state index contributed by atoms with van der Waals surface area (Å²) in [6, 6.07) is 8.46. The Morgan fingerprint density at radius 2 is 1.20 bits per heavy atom. The van der Waals surface area contributed by atoms with Crippen LogP contribution < -0.4 is 0 Å². The number of nitrogens with zero attached hydrogens (tertiary/aromatic N) is 2. The first-order valence-electron chi connectivity index (χ1n) is 7.81. The van der Waals surface area contributed by atoms with Gasteiger partial charge in [0, 0.05) is 17.5 Å². The van der Waals surface area contributed by atoms with Crippen molar-refractivity contribution in [2.24, 2.45) is 0 Å². The molecule has 0 unspecified atom stereocenters. The Hall–Kier alpha value is -3.16. The summed E-state index contributed by atoms with van der Waals surface area (Å²) >= 11 is 0. The molecule has 130 valence electrons. The fourth-order valence-corrected chi connectivity index (χ4v) is 3.66. The fourth-order valence-electron chi connectivity index (χ4n) is 3.66. The highest BCUT2D eigenvalue weighted by Crippen LogP contribution is 2.49. The van der Waals surface area contributed by atoms with Crippen LogP contribution in [-0.2, 0) is 5.41 Å². The highest BCUT2D eigenvalue weighted by molar-refractivity contribution is 5.56. The van der Waals surface area contributed by atoms with Crippen molar-refractivity contribution in [3.63, 3.8) is 0 Å². The van der Waals surface area contributed by atoms with Crippen LogP contribution in [-0.4, -0.2) is 20.1 Å². The molecule has 0 saturated heterocycles. The first kappa shape index (κ1) is 16.7. The molecule has 2 aromatic rings. The molecule has 8 heteroatoms. The summed E-state index contributed by atoms with van der Waals surface area (Å²) in [6.07, 6.45) is 3.11. The van der Waals surface area contributed by atoms with Gasteiger partial charge in [0.2, 0.25) is 0 Å². The van der Waals surface area contributed by atoms with E-state index in [9.17, 15) is 30.4 Å². The zero-order valence-corrected chi connectivity index (χ0v) is 13.2. The minimum atomic E-state index is -0.652. The highest BCUT2D eigenvalue weighted by atomic mass is 16.6. The molecule has 1 aliphatic rings. The van der Waals surface area contributed by atoms with Crippen molar-refractivity contribution >= 4 is 11.4 Å². The standard InChI is InChI=1S/C17H16N2O6/c20-15-5-3-11(9-13(15)18(22)23)17(7-1-2-8-17)12-4-6-16(21)14(10-12)19(24)25/h3-6,9-10,20-21H,1-2,7-8H2. The van der Waals surface area contributed by atoms with Crippen LogP contribution in [0.4, 0.5) is 11.4 Å². The van der Waals surface area contributed by atoms with E-state index in [-0.39, 0.29) is 0 Å². The number of hydrogen-bond donors (Lipinski definition) is 2. The molecule has 1 fully saturated rings. The molecular formula is C17H16N2O6. The van der Waals surface area contributed by atoms with Crippen LogP contribution in [0.2, 0.25) is 0 Å². The largest absolute Gasteiger partial charge is 0.502 e. The van der Waals surface area contributed by atoms with Gasteiger partial charge in [-0.2, -0.15) is 0 Å². The second kappa shape index (κ2) is 6.04. The SMILES string of the molecule is O=[N+]([O-])c1cc(C2(c3ccc(O)c([N+](=O)[O-])c3)CCCC2)ccc1O. The number of benzene rings is 2. The van der Waals surface area contributed by atoms with Crippen LogP contribution in [0.5, 0.6) is 11.5 Å². The van der Waals surface area contributed by atoms with Crippen molar-refractivity contribution in [1.29, 1.82) is 0 Å². The zero-order valence-electron chi connectivity index (χ0n) is 13.2. The molecule has 1 saturated carbocycles. The van der Waals surface area contributed by atoms with Crippen LogP contribution >= 0.6 is 0 Å². The molecule has 2 aromatic carbocycles. The van der Waals surface area contributed by atoms with Crippen LogP contribution in [0.3, 0.4) is 0 Å². The Kier molecular flexibility index (Phi) is 4.03. The first-order chi connectivity index (χ1) is 11.8. The molecule has 1 aliphatic carbocycles. The smallest absolute Gasteiger partial charge is 0.310 e. The van der Waals surface area contributed by atoms with Crippen LogP contribution in [0.1, 0.15) is 36.8 Å². The number of phenolic OH excluding ortho intramolecular Hbond substituents is 2. The lowest BCUT2D eigenvalue weighted by Crippen LogP contribution is -2.24. The van der Waals surface area contributed by atoms with Gasteiger partial charge in [0.05, 0.1) is 9.85 Å². The molecule has 0 amide bonds. The third-order valence-corrected chi connectivity index (χ3v) is 4.91. The van der Waals surface area contributed by atoms with Crippen molar-refractivity contribution in [3.8, 4) is 11.5 Å². The molecule has 3 rings (SSSR count). The maximum absolute atomic E-state index is 11.1. The lowest BCUT2D eigenvalue weighted by atomic mass is 9.73. The van der Waals surface area contributed by atoms with E-state index >= 15 is 0 Å². The molecule has 0 bridgehead atoms. The van der Waals surface area contributed by atoms with Crippen molar-refractivity contribution in [2.45, 2.75) is 31.1 Å². The van der Waals surface area contributed by atoms with Crippen molar-refractivity contribution < 1.29 is 20.1 Å². The van der Waals surface area contributed by atoms with E-state index in [0.717, 1.165) is 12.8 Å². The van der Waals surface area contributed by atoms with E-state index in [1.54, 1.807) is 12.1 Å². The summed E-state index contributed by atoms with van der Waals surface area (Å²) in [5.74, 6) is -0.836. The van der Waals surface area contributed by atoms with Gasteiger partial charge in [-0.15, -0.1) is 0 Å². The van der Waals surface area contributed by atoms with Crippen molar-refractivity contribution in [3.05, 3.63) is 67.8 Å². The summed E-state index contributed by atoms with van der Waals surface area (Å²) in [6.45, 7) is 0. The maximum atomic E-state index is 11.1. The Morgan fingerprint density at radius 3 is 1.56 bits per heavy atom. The van der Waals surface area contributed by atoms with Gasteiger partial charge >= 0.3 is 11.4 Å². The fraction of sp³-hybridized carbons (Fsp3) is 0.294. The summed E-state index contributed by atoms with van der Waals surface area (Å²) in [4.78, 5) is 21.0. The van der Waals surface area contributed by atoms with Gasteiger partial charge in [0.1, 0.15) is 0 Å². The minimum absolute atomic E-state index is 0.392. The predicted molar refractivity (Wildman–Crippen MR) is 88.8 cm³/mol. The van der Waals surface area contributed by atoms with Crippen molar-refractivity contribution in [2.75, 3.05) is 0 Å². The average Bonchev–Trinajstić information content (AvgIpc) is 3.06. The highest BCUT2D eigenvalue weighted by Gasteiger charge is 2.39. The van der Waals surface area contributed by atoms with E-state index in [2.05, 4.69) is 0 Å². The van der Waals surface area contributed by atoms with Gasteiger partial charge in [0.25, 0.3) is 0 Å². The minimum Gasteiger partial charge on any atom is -0.502 e. The van der Waals surface area contributed by atoms with E-state index in [1.807, 2.05) is 0 Å². The van der Waals surface area contributed by atoms with Gasteiger partial charge in [-0.1, -0.05) is 25.0 Å². The number of hydrogen-bond acceptors (Lipinski definition) is 6. The molecule has 2 N–H and O–H groups in total. The quantitative estimate of drug-likeness (QED) is 0.642. The summed E-state index contributed by atoms with van der Waals surface area (Å²) in [7, 11) is 0. The molecule has 0 radical (unpaired) electrons. The lowest BCUT2D eigenvalue weighted by molar-refractivity contribution is -0.386. The van der Waals surface area contributed by atoms with Crippen LogP contribution in [0.15, 0.2) is 36.4 Å². The Morgan fingerprint density at radius 1 is 0.800 bits per heavy atom. The van der Waals surface area contributed by atoms with Gasteiger partial charge in [-0.05, 0) is 36.1 Å². The number of rotatable bonds is 4. The second-order valence-electron chi connectivity index (χ2n) is 6.21. The first-order valence-corrected chi connectivity index (χ1v) is 7.81. The summed E-state index contributed by atoms with van der Waals surface area (Å²) < 4.78 is 0. The van der Waals surface area contributed by atoms with Gasteiger partial charge in [-0.3, -0.25) is 20.2 Å². The summed E-state index contributed by atoms with van der Waals surface area (Å²) in [5, 5.41) is 41.7. The number of aromatic hydroxyl groups is 2. The lowest BCUT2D eigenvalue weighted by Gasteiger charge is -2.30. The molecule has 8 nitrogen and oxygen atoms in total. The topological polar surface area (TPSA) is 127 Å². The van der Waals surface area contributed by atoms with Crippen LogP contribution in [0, 0.1) is 20.2 Å². The van der Waals surface area contributed by atoms with Crippen molar-refractivity contribution in [1.82, 2.24) is 0 Å². The van der Waals surface area contributed by atoms with Gasteiger partial charge in [0.15, 0.2) is 11.5 Å². The normalized spacial score (nSPS) is 15.8. The van der Waals surface area contributed by atoms with E-state index in [4.69, 9.17) is 0 Å². The van der Waals surface area contributed by atoms with E-state index in [1.165, 1.54) is 24.3 Å². The third kappa shape index (κ3) is 2.75. The molecule has 25 heavy (non-hydrogen) atoms. The van der Waals surface area contributed by atoms with Gasteiger partial charge < -0.3 is 10.2 Å². The van der Waals surface area contributed by atoms with E-state index < -0.39 is 38.1 Å². The maximum Gasteiger partial charge on any atom is 0.310 e. The van der Waals surface area contributed by atoms with Gasteiger partial charge in [-0.25, -0.2) is 0 Å². The number of phenols is 2. The Bertz CT molecular complexity index is 793. The molecule has 0 atom stereocenters. The molecular weight excluding hydrogens is 328 g/mol. The Labute approximate surface area is 142 Å². The third-order valence-electron chi connectivity index (χ3n) is 4.91. The Balaban J connectivity index is 2.19. The number of nitro groups is 2. The number of nitro benzene ring substituents is 2. The van der Waals surface area contributed by atoms with Crippen LogP contribution in [0.25, 0.3) is 0 Å². The molecule has 0 spiro atoms. The van der Waals surface area contributed by atoms with E-state index in [0.29, 0.717) is 24.0 Å². The monoisotopic (exact) mass is 344 g/mol. The molecule has 0 heterocycles. The zero-order chi connectivity index (χ0) is 18.2. The average molecular weight is 344 g/mol. The molecule has 0 aromatic heterocycles. The predicted octanol–water partition coefficient (Wildman–Crippen LogP) is 3.77. The second-order valence-corrected chi connectivity index (χ2v) is 6.21.